The molecular weight excluding hydrogens is 333 g/mol. The number of pyridine rings is 1. The van der Waals surface area contributed by atoms with Gasteiger partial charge >= 0.3 is 0 Å². The van der Waals surface area contributed by atoms with E-state index in [1.54, 1.807) is 31.8 Å². The number of hydrogen-bond acceptors (Lipinski definition) is 4. The summed E-state index contributed by atoms with van der Waals surface area (Å²) in [5, 5.41) is 15.3. The number of fused-ring (bicyclic) bond motifs is 1. The lowest BCUT2D eigenvalue weighted by atomic mass is 10.0. The van der Waals surface area contributed by atoms with Crippen LogP contribution in [0, 0.1) is 12.7 Å². The molecular formula is C19H18FN5O. The van der Waals surface area contributed by atoms with Crippen molar-refractivity contribution in [1.29, 1.82) is 0 Å². The molecule has 132 valence electrons. The van der Waals surface area contributed by atoms with Gasteiger partial charge in [0, 0.05) is 28.1 Å². The Morgan fingerprint density at radius 2 is 2.04 bits per heavy atom. The summed E-state index contributed by atoms with van der Waals surface area (Å²) in [5.74, 6) is 0.311. The molecule has 0 aliphatic carbocycles. The molecule has 0 radical (unpaired) electrons. The van der Waals surface area contributed by atoms with Crippen molar-refractivity contribution in [3.8, 4) is 16.9 Å². The molecule has 0 amide bonds. The van der Waals surface area contributed by atoms with E-state index in [0.717, 1.165) is 28.2 Å². The second-order valence-electron chi connectivity index (χ2n) is 6.09. The molecule has 1 N–H and O–H groups in total. The van der Waals surface area contributed by atoms with Gasteiger partial charge in [0.25, 0.3) is 0 Å². The predicted molar refractivity (Wildman–Crippen MR) is 95.7 cm³/mol. The fraction of sp³-hybridized carbons (Fsp3) is 0.211. The molecule has 4 rings (SSSR count). The first-order chi connectivity index (χ1) is 12.7. The summed E-state index contributed by atoms with van der Waals surface area (Å²) in [6, 6.07) is 8.91. The molecule has 0 bridgehead atoms. The third-order valence-corrected chi connectivity index (χ3v) is 4.59. The van der Waals surface area contributed by atoms with Gasteiger partial charge in [0.1, 0.15) is 17.9 Å². The average Bonchev–Trinajstić information content (AvgIpc) is 3.29. The van der Waals surface area contributed by atoms with Crippen molar-refractivity contribution >= 4 is 5.65 Å². The van der Waals surface area contributed by atoms with Gasteiger partial charge in [-0.05, 0) is 44.0 Å². The standard InChI is InChI=1S/C19H18FN5O/c1-12-16(10-21-23-12)14-8-6-13(25-11-22-24-19(14)25)7-9-15-17(20)4-3-5-18(15)26-2/h3-6,8,10-11H,7,9H2,1-2H3,(H,21,23). The lowest BCUT2D eigenvalue weighted by molar-refractivity contribution is 0.404. The summed E-state index contributed by atoms with van der Waals surface area (Å²) >= 11 is 0. The minimum Gasteiger partial charge on any atom is -0.496 e. The van der Waals surface area contributed by atoms with E-state index in [2.05, 4.69) is 20.4 Å². The number of halogens is 1. The highest BCUT2D eigenvalue weighted by molar-refractivity contribution is 5.78. The molecule has 1 aromatic carbocycles. The van der Waals surface area contributed by atoms with Crippen LogP contribution in [0.3, 0.4) is 0 Å². The molecule has 0 spiro atoms. The fourth-order valence-corrected chi connectivity index (χ4v) is 3.23. The number of nitrogens with zero attached hydrogens (tertiary/aromatic N) is 4. The number of aromatic amines is 1. The summed E-state index contributed by atoms with van der Waals surface area (Å²) in [6.45, 7) is 1.97. The number of H-pyrrole nitrogens is 1. The van der Waals surface area contributed by atoms with Crippen molar-refractivity contribution < 1.29 is 9.13 Å². The molecule has 0 aliphatic heterocycles. The van der Waals surface area contributed by atoms with Crippen LogP contribution in [0.25, 0.3) is 16.8 Å². The van der Waals surface area contributed by atoms with Crippen LogP contribution in [0.15, 0.2) is 42.9 Å². The van der Waals surface area contributed by atoms with E-state index in [-0.39, 0.29) is 5.82 Å². The molecule has 7 heteroatoms. The third kappa shape index (κ3) is 2.71. The summed E-state index contributed by atoms with van der Waals surface area (Å²) in [7, 11) is 1.55. The van der Waals surface area contributed by atoms with Gasteiger partial charge < -0.3 is 4.74 Å². The maximum atomic E-state index is 14.2. The number of rotatable bonds is 5. The van der Waals surface area contributed by atoms with E-state index >= 15 is 0 Å². The van der Waals surface area contributed by atoms with Crippen molar-refractivity contribution in [1.82, 2.24) is 24.8 Å². The van der Waals surface area contributed by atoms with Crippen LogP contribution < -0.4 is 4.74 Å². The van der Waals surface area contributed by atoms with Crippen LogP contribution in [-0.4, -0.2) is 31.9 Å². The van der Waals surface area contributed by atoms with Gasteiger partial charge in [0.15, 0.2) is 5.65 Å². The average molecular weight is 351 g/mol. The molecule has 0 atom stereocenters. The van der Waals surface area contributed by atoms with Crippen LogP contribution in [0.1, 0.15) is 17.0 Å². The van der Waals surface area contributed by atoms with Gasteiger partial charge in [0.2, 0.25) is 0 Å². The Kier molecular flexibility index (Phi) is 4.12. The quantitative estimate of drug-likeness (QED) is 0.599. The first-order valence-corrected chi connectivity index (χ1v) is 8.32. The largest absolute Gasteiger partial charge is 0.496 e. The highest BCUT2D eigenvalue weighted by Gasteiger charge is 2.14. The van der Waals surface area contributed by atoms with Crippen molar-refractivity contribution in [2.24, 2.45) is 0 Å². The number of ether oxygens (including phenoxy) is 1. The highest BCUT2D eigenvalue weighted by atomic mass is 19.1. The maximum Gasteiger partial charge on any atom is 0.168 e. The molecule has 0 fully saturated rings. The summed E-state index contributed by atoms with van der Waals surface area (Å²) < 4.78 is 21.4. The number of aromatic nitrogens is 5. The lowest BCUT2D eigenvalue weighted by Crippen LogP contribution is -2.03. The minimum absolute atomic E-state index is 0.255. The molecule has 4 aromatic rings. The molecule has 0 saturated heterocycles. The third-order valence-electron chi connectivity index (χ3n) is 4.59. The van der Waals surface area contributed by atoms with E-state index in [0.29, 0.717) is 24.2 Å². The molecule has 6 nitrogen and oxygen atoms in total. The minimum atomic E-state index is -0.255. The number of hydrogen-bond donors (Lipinski definition) is 1. The molecule has 0 saturated carbocycles. The smallest absolute Gasteiger partial charge is 0.168 e. The van der Waals surface area contributed by atoms with Crippen LogP contribution in [0.2, 0.25) is 0 Å². The maximum absolute atomic E-state index is 14.2. The Labute approximate surface area is 149 Å². The summed E-state index contributed by atoms with van der Waals surface area (Å²) in [5.41, 5.74) is 5.25. The summed E-state index contributed by atoms with van der Waals surface area (Å²) in [4.78, 5) is 0. The van der Waals surface area contributed by atoms with Crippen LogP contribution in [0.4, 0.5) is 4.39 Å². The van der Waals surface area contributed by atoms with Gasteiger partial charge in [0.05, 0.1) is 13.3 Å². The van der Waals surface area contributed by atoms with Crippen molar-refractivity contribution in [2.45, 2.75) is 19.8 Å². The first kappa shape index (κ1) is 16.3. The van der Waals surface area contributed by atoms with Gasteiger partial charge in [-0.1, -0.05) is 6.07 Å². The Balaban J connectivity index is 1.69. The van der Waals surface area contributed by atoms with E-state index in [1.165, 1.54) is 6.07 Å². The second-order valence-corrected chi connectivity index (χ2v) is 6.09. The molecule has 3 aromatic heterocycles. The Bertz CT molecular complexity index is 1070. The summed E-state index contributed by atoms with van der Waals surface area (Å²) in [6.07, 6.45) is 4.62. The topological polar surface area (TPSA) is 68.1 Å². The molecule has 3 heterocycles. The lowest BCUT2D eigenvalue weighted by Gasteiger charge is -2.11. The van der Waals surface area contributed by atoms with Crippen LogP contribution in [-0.2, 0) is 12.8 Å². The van der Waals surface area contributed by atoms with Crippen molar-refractivity contribution in [3.05, 3.63) is 65.6 Å². The fourth-order valence-electron chi connectivity index (χ4n) is 3.23. The number of nitrogens with one attached hydrogen (secondary N) is 1. The van der Waals surface area contributed by atoms with Crippen molar-refractivity contribution in [3.63, 3.8) is 0 Å². The first-order valence-electron chi connectivity index (χ1n) is 8.32. The second kappa shape index (κ2) is 6.59. The predicted octanol–water partition coefficient (Wildman–Crippen LogP) is 3.36. The van der Waals surface area contributed by atoms with Gasteiger partial charge in [-0.15, -0.1) is 10.2 Å². The van der Waals surface area contributed by atoms with Gasteiger partial charge in [-0.2, -0.15) is 5.10 Å². The van der Waals surface area contributed by atoms with E-state index in [9.17, 15) is 4.39 Å². The van der Waals surface area contributed by atoms with Gasteiger partial charge in [-0.25, -0.2) is 4.39 Å². The van der Waals surface area contributed by atoms with Gasteiger partial charge in [-0.3, -0.25) is 9.50 Å². The zero-order valence-corrected chi connectivity index (χ0v) is 14.5. The Morgan fingerprint density at radius 3 is 2.81 bits per heavy atom. The Hall–Kier alpha value is -3.22. The zero-order valence-electron chi connectivity index (χ0n) is 14.5. The number of methoxy groups -OCH3 is 1. The number of benzene rings is 1. The molecule has 26 heavy (non-hydrogen) atoms. The molecule has 0 unspecified atom stereocenters. The SMILES string of the molecule is COc1cccc(F)c1CCc1ccc(-c2cn[nH]c2C)c2nncn12. The normalized spacial score (nSPS) is 11.2. The van der Waals surface area contributed by atoms with Crippen LogP contribution in [0.5, 0.6) is 5.75 Å². The van der Waals surface area contributed by atoms with E-state index < -0.39 is 0 Å². The van der Waals surface area contributed by atoms with Crippen molar-refractivity contribution in [2.75, 3.05) is 7.11 Å². The Morgan fingerprint density at radius 1 is 1.15 bits per heavy atom. The van der Waals surface area contributed by atoms with E-state index in [4.69, 9.17) is 4.74 Å². The number of aryl methyl sites for hydroxylation is 2. The monoisotopic (exact) mass is 351 g/mol. The highest BCUT2D eigenvalue weighted by Crippen LogP contribution is 2.27. The molecule has 0 aliphatic rings. The van der Waals surface area contributed by atoms with E-state index in [1.807, 2.05) is 23.5 Å². The van der Waals surface area contributed by atoms with Crippen LogP contribution >= 0.6 is 0 Å². The zero-order chi connectivity index (χ0) is 18.1.